The Kier molecular flexibility index (Phi) is 6.76. The van der Waals surface area contributed by atoms with E-state index in [0.29, 0.717) is 42.2 Å². The van der Waals surface area contributed by atoms with Crippen molar-refractivity contribution in [3.63, 3.8) is 0 Å². The van der Waals surface area contributed by atoms with Gasteiger partial charge < -0.3 is 14.5 Å². The van der Waals surface area contributed by atoms with Crippen LogP contribution in [0, 0.1) is 12.7 Å². The van der Waals surface area contributed by atoms with E-state index in [-0.39, 0.29) is 11.9 Å². The molecule has 6 heteroatoms. The van der Waals surface area contributed by atoms with Crippen molar-refractivity contribution in [1.29, 1.82) is 0 Å². The van der Waals surface area contributed by atoms with Gasteiger partial charge >= 0.3 is 0 Å². The number of hydrogen-bond acceptors (Lipinski definition) is 5. The summed E-state index contributed by atoms with van der Waals surface area (Å²) in [6.45, 7) is 5.03. The smallest absolute Gasteiger partial charge is 0.227 e. The molecule has 5 nitrogen and oxygen atoms in total. The lowest BCUT2D eigenvalue weighted by Gasteiger charge is -2.26. The summed E-state index contributed by atoms with van der Waals surface area (Å²) in [5.74, 6) is 0.645. The molecule has 3 rings (SSSR count). The van der Waals surface area contributed by atoms with Crippen LogP contribution in [0.3, 0.4) is 0 Å². The monoisotopic (exact) mass is 383 g/mol. The normalized spacial score (nSPS) is 12.1. The van der Waals surface area contributed by atoms with Gasteiger partial charge in [-0.3, -0.25) is 0 Å². The molecule has 148 valence electrons. The summed E-state index contributed by atoms with van der Waals surface area (Å²) in [5.41, 5.74) is 2.27. The highest BCUT2D eigenvalue weighted by Crippen LogP contribution is 2.20. The summed E-state index contributed by atoms with van der Waals surface area (Å²) in [6, 6.07) is 15.0. The quantitative estimate of drug-likeness (QED) is 0.594. The number of hydrogen-bond donors (Lipinski definition) is 1. The molecular weight excluding hydrogens is 357 g/mol. The summed E-state index contributed by atoms with van der Waals surface area (Å²) >= 11 is 0. The second-order valence-electron chi connectivity index (χ2n) is 6.92. The number of rotatable bonds is 9. The van der Waals surface area contributed by atoms with Crippen LogP contribution in [-0.2, 0) is 6.42 Å². The molecule has 0 saturated heterocycles. The Morgan fingerprint density at radius 3 is 2.68 bits per heavy atom. The maximum Gasteiger partial charge on any atom is 0.227 e. The van der Waals surface area contributed by atoms with E-state index in [2.05, 4.69) is 15.0 Å². The minimum absolute atomic E-state index is 0.281. The van der Waals surface area contributed by atoms with Crippen LogP contribution in [-0.4, -0.2) is 34.4 Å². The first kappa shape index (κ1) is 20.0. The van der Waals surface area contributed by atoms with Crippen molar-refractivity contribution in [2.45, 2.75) is 39.2 Å². The van der Waals surface area contributed by atoms with Crippen LogP contribution in [0.25, 0.3) is 11.4 Å². The Balaban J connectivity index is 1.61. The summed E-state index contributed by atoms with van der Waals surface area (Å²) in [4.78, 5) is 6.55. The van der Waals surface area contributed by atoms with E-state index < -0.39 is 0 Å². The third-order valence-electron chi connectivity index (χ3n) is 4.74. The van der Waals surface area contributed by atoms with Gasteiger partial charge in [-0.1, -0.05) is 42.4 Å². The number of aliphatic hydroxyl groups is 1. The third-order valence-corrected chi connectivity index (χ3v) is 4.74. The average molecular weight is 383 g/mol. The van der Waals surface area contributed by atoms with Crippen LogP contribution in [0.1, 0.15) is 31.2 Å². The van der Waals surface area contributed by atoms with Gasteiger partial charge in [0.05, 0.1) is 6.10 Å². The largest absolute Gasteiger partial charge is 0.391 e. The predicted octanol–water partition coefficient (Wildman–Crippen LogP) is 4.39. The van der Waals surface area contributed by atoms with E-state index in [1.165, 1.54) is 6.07 Å². The van der Waals surface area contributed by atoms with Crippen LogP contribution in [0.4, 0.5) is 10.1 Å². The fourth-order valence-corrected chi connectivity index (χ4v) is 2.97. The van der Waals surface area contributed by atoms with Crippen molar-refractivity contribution in [2.75, 3.05) is 18.0 Å². The molecule has 1 N–H and O–H groups in total. The van der Waals surface area contributed by atoms with Gasteiger partial charge in [0.15, 0.2) is 0 Å². The zero-order valence-electron chi connectivity index (χ0n) is 16.3. The minimum atomic E-state index is -0.369. The number of aryl methyl sites for hydroxylation is 2. The highest BCUT2D eigenvalue weighted by Gasteiger charge is 2.13. The van der Waals surface area contributed by atoms with E-state index >= 15 is 0 Å². The van der Waals surface area contributed by atoms with Crippen molar-refractivity contribution >= 4 is 5.69 Å². The zero-order chi connectivity index (χ0) is 19.9. The molecule has 0 fully saturated rings. The number of para-hydroxylation sites is 1. The summed E-state index contributed by atoms with van der Waals surface area (Å²) in [5, 5.41) is 14.0. The first-order valence-electron chi connectivity index (χ1n) is 9.64. The molecule has 1 aromatic heterocycles. The molecule has 0 bridgehead atoms. The average Bonchev–Trinajstić information content (AvgIpc) is 3.18. The Labute approximate surface area is 164 Å². The molecule has 0 saturated carbocycles. The zero-order valence-corrected chi connectivity index (χ0v) is 16.3. The van der Waals surface area contributed by atoms with Gasteiger partial charge in [-0.2, -0.15) is 4.98 Å². The molecular formula is C22H26FN3O2. The predicted molar refractivity (Wildman–Crippen MR) is 108 cm³/mol. The fraction of sp³-hybridized carbons (Fsp3) is 0.364. The number of anilines is 1. The molecule has 0 aliphatic carbocycles. The third kappa shape index (κ3) is 5.16. The van der Waals surface area contributed by atoms with E-state index in [1.54, 1.807) is 19.1 Å². The molecule has 1 unspecified atom stereocenters. The number of nitrogens with zero attached hydrogens (tertiary/aromatic N) is 3. The van der Waals surface area contributed by atoms with Crippen LogP contribution in [0.5, 0.6) is 0 Å². The summed E-state index contributed by atoms with van der Waals surface area (Å²) in [7, 11) is 0. The van der Waals surface area contributed by atoms with E-state index in [9.17, 15) is 9.50 Å². The number of aromatic nitrogens is 2. The van der Waals surface area contributed by atoms with Crippen LogP contribution in [0.2, 0.25) is 0 Å². The lowest BCUT2D eigenvalue weighted by molar-refractivity contribution is 0.175. The number of benzene rings is 2. The van der Waals surface area contributed by atoms with Gasteiger partial charge in [-0.25, -0.2) is 4.39 Å². The maximum absolute atomic E-state index is 13.7. The Hall–Kier alpha value is -2.73. The first-order valence-corrected chi connectivity index (χ1v) is 9.64. The van der Waals surface area contributed by atoms with Crippen LogP contribution >= 0.6 is 0 Å². The van der Waals surface area contributed by atoms with Gasteiger partial charge in [0.1, 0.15) is 5.82 Å². The SMILES string of the molecule is CCC(O)CN(CCCc1nc(-c2ccc(C)c(F)c2)no1)c1ccccc1. The van der Waals surface area contributed by atoms with Crippen molar-refractivity contribution < 1.29 is 14.0 Å². The number of halogens is 1. The van der Waals surface area contributed by atoms with Gasteiger partial charge in [0.2, 0.25) is 11.7 Å². The Bertz CT molecular complexity index is 882. The molecule has 0 aliphatic heterocycles. The Morgan fingerprint density at radius 2 is 1.96 bits per heavy atom. The summed E-state index contributed by atoms with van der Waals surface area (Å²) < 4.78 is 19.1. The highest BCUT2D eigenvalue weighted by atomic mass is 19.1. The standard InChI is InChI=1S/C22H26FN3O2/c1-3-19(27)15-26(18-8-5-4-6-9-18)13-7-10-21-24-22(25-28-21)17-12-11-16(2)20(23)14-17/h4-6,8-9,11-12,14,19,27H,3,7,10,13,15H2,1-2H3. The molecule has 3 aromatic rings. The number of aliphatic hydroxyl groups excluding tert-OH is 1. The van der Waals surface area contributed by atoms with Crippen LogP contribution in [0.15, 0.2) is 53.1 Å². The van der Waals surface area contributed by atoms with Gasteiger partial charge in [0, 0.05) is 30.8 Å². The van der Waals surface area contributed by atoms with E-state index in [0.717, 1.165) is 18.7 Å². The van der Waals surface area contributed by atoms with Gasteiger partial charge in [-0.05, 0) is 43.5 Å². The summed E-state index contributed by atoms with van der Waals surface area (Å²) in [6.07, 6.45) is 1.76. The fourth-order valence-electron chi connectivity index (χ4n) is 2.97. The lowest BCUT2D eigenvalue weighted by atomic mass is 10.1. The lowest BCUT2D eigenvalue weighted by Crippen LogP contribution is -2.33. The highest BCUT2D eigenvalue weighted by molar-refractivity contribution is 5.55. The molecule has 28 heavy (non-hydrogen) atoms. The van der Waals surface area contributed by atoms with Gasteiger partial charge in [-0.15, -0.1) is 0 Å². The van der Waals surface area contributed by atoms with Gasteiger partial charge in [0.25, 0.3) is 0 Å². The van der Waals surface area contributed by atoms with E-state index in [4.69, 9.17) is 4.52 Å². The molecule has 0 radical (unpaired) electrons. The minimum Gasteiger partial charge on any atom is -0.391 e. The van der Waals surface area contributed by atoms with E-state index in [1.807, 2.05) is 37.3 Å². The first-order chi connectivity index (χ1) is 13.6. The maximum atomic E-state index is 13.7. The molecule has 0 aliphatic rings. The molecule has 0 spiro atoms. The topological polar surface area (TPSA) is 62.4 Å². The van der Waals surface area contributed by atoms with Crippen molar-refractivity contribution in [2.24, 2.45) is 0 Å². The van der Waals surface area contributed by atoms with Crippen LogP contribution < -0.4 is 4.90 Å². The van der Waals surface area contributed by atoms with Crippen molar-refractivity contribution in [3.05, 3.63) is 65.8 Å². The molecule has 1 heterocycles. The second-order valence-corrected chi connectivity index (χ2v) is 6.92. The molecule has 0 amide bonds. The molecule has 1 atom stereocenters. The van der Waals surface area contributed by atoms with Crippen molar-refractivity contribution in [3.8, 4) is 11.4 Å². The second kappa shape index (κ2) is 9.46. The van der Waals surface area contributed by atoms with Crippen molar-refractivity contribution in [1.82, 2.24) is 10.1 Å². The molecule has 2 aromatic carbocycles. The Morgan fingerprint density at radius 1 is 1.18 bits per heavy atom.